The number of carbonyl (C=O) groups excluding carboxylic acids is 2. The number of esters is 1. The minimum Gasteiger partial charge on any atom is -0.469 e. The maximum absolute atomic E-state index is 12.5. The highest BCUT2D eigenvalue weighted by Gasteiger charge is 2.26. The molecular formula is C19H17ClN2O3. The standard InChI is InChI=1S/C19H17ClN2O3/c1-25-17(23)10-9-16-19(24)22-15-8-7-13(20)11-14(15)18(21-16)12-5-3-2-4-6-12/h2-8,11,16H,9-10H2,1H3,(H,22,24). The second-order valence-corrected chi connectivity index (χ2v) is 6.09. The first kappa shape index (κ1) is 17.2. The van der Waals surface area contributed by atoms with Gasteiger partial charge < -0.3 is 10.1 Å². The van der Waals surface area contributed by atoms with Gasteiger partial charge in [-0.15, -0.1) is 0 Å². The third kappa shape index (κ3) is 3.88. The lowest BCUT2D eigenvalue weighted by Crippen LogP contribution is -2.26. The minimum absolute atomic E-state index is 0.122. The van der Waals surface area contributed by atoms with Crippen molar-refractivity contribution < 1.29 is 14.3 Å². The molecule has 1 unspecified atom stereocenters. The molecule has 0 bridgehead atoms. The molecule has 0 saturated heterocycles. The molecule has 1 atom stereocenters. The average Bonchev–Trinajstić information content (AvgIpc) is 2.76. The van der Waals surface area contributed by atoms with Gasteiger partial charge in [0, 0.05) is 22.6 Å². The maximum atomic E-state index is 12.5. The molecule has 2 aromatic rings. The summed E-state index contributed by atoms with van der Waals surface area (Å²) in [7, 11) is 1.33. The van der Waals surface area contributed by atoms with E-state index in [9.17, 15) is 9.59 Å². The number of anilines is 1. The third-order valence-electron chi connectivity index (χ3n) is 3.98. The Morgan fingerprint density at radius 2 is 2.00 bits per heavy atom. The third-order valence-corrected chi connectivity index (χ3v) is 4.21. The fourth-order valence-corrected chi connectivity index (χ4v) is 2.87. The molecule has 6 heteroatoms. The van der Waals surface area contributed by atoms with Crippen LogP contribution in [0.1, 0.15) is 24.0 Å². The molecule has 1 amide bonds. The van der Waals surface area contributed by atoms with E-state index in [1.165, 1.54) is 7.11 Å². The summed E-state index contributed by atoms with van der Waals surface area (Å²) < 4.78 is 4.66. The molecule has 0 aliphatic carbocycles. The molecule has 2 aromatic carbocycles. The normalized spacial score (nSPS) is 16.3. The van der Waals surface area contributed by atoms with Gasteiger partial charge in [-0.1, -0.05) is 41.9 Å². The van der Waals surface area contributed by atoms with Crippen LogP contribution in [0.4, 0.5) is 5.69 Å². The van der Waals surface area contributed by atoms with Crippen molar-refractivity contribution in [3.63, 3.8) is 0 Å². The monoisotopic (exact) mass is 356 g/mol. The number of methoxy groups -OCH3 is 1. The van der Waals surface area contributed by atoms with Crippen molar-refractivity contribution in [2.75, 3.05) is 12.4 Å². The van der Waals surface area contributed by atoms with Crippen LogP contribution in [-0.2, 0) is 14.3 Å². The predicted molar refractivity (Wildman–Crippen MR) is 97.2 cm³/mol. The van der Waals surface area contributed by atoms with E-state index in [4.69, 9.17) is 11.6 Å². The number of ether oxygens (including phenoxy) is 1. The zero-order valence-electron chi connectivity index (χ0n) is 13.7. The zero-order valence-corrected chi connectivity index (χ0v) is 14.4. The molecule has 0 spiro atoms. The van der Waals surface area contributed by atoms with Crippen molar-refractivity contribution >= 4 is 34.9 Å². The highest BCUT2D eigenvalue weighted by atomic mass is 35.5. The number of benzene rings is 2. The van der Waals surface area contributed by atoms with Crippen LogP contribution < -0.4 is 5.32 Å². The summed E-state index contributed by atoms with van der Waals surface area (Å²) in [5.41, 5.74) is 2.96. The zero-order chi connectivity index (χ0) is 17.8. The Bertz CT molecular complexity index is 834. The molecule has 1 aliphatic heterocycles. The van der Waals surface area contributed by atoms with Crippen LogP contribution in [0.25, 0.3) is 0 Å². The summed E-state index contributed by atoms with van der Waals surface area (Å²) in [5, 5.41) is 3.44. The van der Waals surface area contributed by atoms with Crippen LogP contribution in [0.5, 0.6) is 0 Å². The first-order valence-electron chi connectivity index (χ1n) is 7.89. The van der Waals surface area contributed by atoms with Crippen molar-refractivity contribution in [3.05, 3.63) is 64.7 Å². The Labute approximate surface area is 150 Å². The van der Waals surface area contributed by atoms with Gasteiger partial charge in [-0.2, -0.15) is 0 Å². The average molecular weight is 357 g/mol. The molecule has 1 heterocycles. The van der Waals surface area contributed by atoms with E-state index in [2.05, 4.69) is 15.0 Å². The summed E-state index contributed by atoms with van der Waals surface area (Å²) in [4.78, 5) is 28.6. The Kier molecular flexibility index (Phi) is 5.14. The molecule has 0 fully saturated rings. The van der Waals surface area contributed by atoms with Crippen LogP contribution in [-0.4, -0.2) is 30.7 Å². The summed E-state index contributed by atoms with van der Waals surface area (Å²) in [5.74, 6) is -0.618. The maximum Gasteiger partial charge on any atom is 0.305 e. The van der Waals surface area contributed by atoms with Crippen molar-refractivity contribution in [1.82, 2.24) is 0 Å². The number of hydrogen-bond donors (Lipinski definition) is 1. The minimum atomic E-state index is -0.680. The Hall–Kier alpha value is -2.66. The number of fused-ring (bicyclic) bond motifs is 1. The molecule has 3 rings (SSSR count). The van der Waals surface area contributed by atoms with Crippen LogP contribution in [0.3, 0.4) is 0 Å². The largest absolute Gasteiger partial charge is 0.469 e. The molecule has 0 aromatic heterocycles. The summed E-state index contributed by atoms with van der Waals surface area (Å²) in [6.45, 7) is 0. The molecule has 1 aliphatic rings. The number of rotatable bonds is 4. The van der Waals surface area contributed by atoms with E-state index in [1.807, 2.05) is 30.3 Å². The van der Waals surface area contributed by atoms with Gasteiger partial charge in [0.05, 0.1) is 18.5 Å². The summed E-state index contributed by atoms with van der Waals surface area (Å²) in [6, 6.07) is 14.2. The second-order valence-electron chi connectivity index (χ2n) is 5.65. The van der Waals surface area contributed by atoms with E-state index >= 15 is 0 Å². The van der Waals surface area contributed by atoms with Crippen molar-refractivity contribution in [1.29, 1.82) is 0 Å². The van der Waals surface area contributed by atoms with E-state index in [0.717, 1.165) is 11.1 Å². The van der Waals surface area contributed by atoms with Crippen LogP contribution >= 0.6 is 11.6 Å². The first-order chi connectivity index (χ1) is 12.1. The van der Waals surface area contributed by atoms with Gasteiger partial charge in [0.1, 0.15) is 6.04 Å². The molecular weight excluding hydrogens is 340 g/mol. The van der Waals surface area contributed by atoms with Gasteiger partial charge in [-0.25, -0.2) is 0 Å². The smallest absolute Gasteiger partial charge is 0.305 e. The number of amides is 1. The molecule has 0 radical (unpaired) electrons. The second kappa shape index (κ2) is 7.49. The lowest BCUT2D eigenvalue weighted by Gasteiger charge is -2.10. The fourth-order valence-electron chi connectivity index (χ4n) is 2.70. The van der Waals surface area contributed by atoms with E-state index < -0.39 is 6.04 Å². The Balaban J connectivity index is 2.05. The quantitative estimate of drug-likeness (QED) is 0.853. The molecule has 5 nitrogen and oxygen atoms in total. The lowest BCUT2D eigenvalue weighted by atomic mass is 10.0. The number of halogens is 1. The topological polar surface area (TPSA) is 67.8 Å². The highest BCUT2D eigenvalue weighted by molar-refractivity contribution is 6.32. The number of nitrogens with zero attached hydrogens (tertiary/aromatic N) is 1. The number of benzodiazepines with no additional fused rings is 1. The van der Waals surface area contributed by atoms with Gasteiger partial charge in [-0.3, -0.25) is 14.6 Å². The molecule has 1 N–H and O–H groups in total. The number of aliphatic imine (C=N–C) groups is 1. The van der Waals surface area contributed by atoms with E-state index in [-0.39, 0.29) is 24.7 Å². The Morgan fingerprint density at radius 3 is 2.72 bits per heavy atom. The summed E-state index contributed by atoms with van der Waals surface area (Å²) in [6.07, 6.45) is 0.397. The van der Waals surface area contributed by atoms with Gasteiger partial charge in [-0.05, 0) is 24.6 Å². The molecule has 25 heavy (non-hydrogen) atoms. The molecule has 128 valence electrons. The number of nitrogens with one attached hydrogen (secondary N) is 1. The van der Waals surface area contributed by atoms with Crippen LogP contribution in [0.2, 0.25) is 5.02 Å². The number of hydrogen-bond acceptors (Lipinski definition) is 4. The van der Waals surface area contributed by atoms with Crippen LogP contribution in [0, 0.1) is 0 Å². The summed E-state index contributed by atoms with van der Waals surface area (Å²) >= 11 is 6.15. The van der Waals surface area contributed by atoms with E-state index in [1.54, 1.807) is 18.2 Å². The van der Waals surface area contributed by atoms with Gasteiger partial charge in [0.25, 0.3) is 0 Å². The SMILES string of the molecule is COC(=O)CCC1N=C(c2ccccc2)c2cc(Cl)ccc2NC1=O. The molecule has 0 saturated carbocycles. The van der Waals surface area contributed by atoms with E-state index in [0.29, 0.717) is 16.4 Å². The van der Waals surface area contributed by atoms with Gasteiger partial charge >= 0.3 is 5.97 Å². The van der Waals surface area contributed by atoms with Crippen molar-refractivity contribution in [3.8, 4) is 0 Å². The van der Waals surface area contributed by atoms with Crippen LogP contribution in [0.15, 0.2) is 53.5 Å². The first-order valence-corrected chi connectivity index (χ1v) is 8.27. The number of carbonyl (C=O) groups is 2. The predicted octanol–water partition coefficient (Wildman–Crippen LogP) is 3.45. The lowest BCUT2D eigenvalue weighted by molar-refractivity contribution is -0.140. The van der Waals surface area contributed by atoms with Crippen molar-refractivity contribution in [2.45, 2.75) is 18.9 Å². The fraction of sp³-hybridized carbons (Fsp3) is 0.211. The highest BCUT2D eigenvalue weighted by Crippen LogP contribution is 2.28. The van der Waals surface area contributed by atoms with Gasteiger partial charge in [0.15, 0.2) is 0 Å². The van der Waals surface area contributed by atoms with Gasteiger partial charge in [0.2, 0.25) is 5.91 Å². The Morgan fingerprint density at radius 1 is 1.24 bits per heavy atom. The van der Waals surface area contributed by atoms with Crippen molar-refractivity contribution in [2.24, 2.45) is 4.99 Å².